The topological polar surface area (TPSA) is 72.0 Å². The second kappa shape index (κ2) is 11.6. The first-order valence-corrected chi connectivity index (χ1v) is 11.5. The van der Waals surface area contributed by atoms with Gasteiger partial charge in [-0.2, -0.15) is 0 Å². The minimum atomic E-state index is -0.257. The molecule has 0 radical (unpaired) electrons. The molecule has 0 fully saturated rings. The lowest BCUT2D eigenvalue weighted by Crippen LogP contribution is -2.37. The number of ether oxygens (including phenoxy) is 2. The molecule has 0 atom stereocenters. The van der Waals surface area contributed by atoms with Crippen LogP contribution in [-0.4, -0.2) is 66.1 Å². The maximum Gasteiger partial charge on any atom is 0.277 e. The minimum Gasteiger partial charge on any atom is -0.497 e. The molecule has 3 rings (SSSR count). The van der Waals surface area contributed by atoms with Gasteiger partial charge in [0.25, 0.3) is 11.8 Å². The van der Waals surface area contributed by atoms with Crippen LogP contribution in [0, 0.1) is 0 Å². The fourth-order valence-electron chi connectivity index (χ4n) is 3.86. The van der Waals surface area contributed by atoms with E-state index in [1.165, 1.54) is 4.90 Å². The third kappa shape index (κ3) is 5.99. The number of rotatable bonds is 12. The summed E-state index contributed by atoms with van der Waals surface area (Å²) in [4.78, 5) is 34.4. The van der Waals surface area contributed by atoms with E-state index < -0.39 is 0 Å². The Hall–Kier alpha value is -3.19. The summed E-state index contributed by atoms with van der Waals surface area (Å²) in [6.07, 6.45) is 4.99. The number of hydrogen-bond acceptors (Lipinski definition) is 6. The maximum atomic E-state index is 13.5. The highest BCUT2D eigenvalue weighted by Gasteiger charge is 2.40. The summed E-state index contributed by atoms with van der Waals surface area (Å²) in [5, 5.41) is 0. The lowest BCUT2D eigenvalue weighted by atomic mass is 10.0. The van der Waals surface area contributed by atoms with Crippen LogP contribution in [0.4, 0.5) is 0 Å². The summed E-state index contributed by atoms with van der Waals surface area (Å²) in [6.45, 7) is 8.01. The van der Waals surface area contributed by atoms with E-state index in [0.717, 1.165) is 12.0 Å². The summed E-state index contributed by atoms with van der Waals surface area (Å²) < 4.78 is 10.9. The van der Waals surface area contributed by atoms with Crippen molar-refractivity contribution in [2.45, 2.75) is 39.7 Å². The van der Waals surface area contributed by atoms with Crippen molar-refractivity contribution < 1.29 is 19.1 Å². The zero-order valence-electron chi connectivity index (χ0n) is 19.9. The average Bonchev–Trinajstić information content (AvgIpc) is 3.07. The van der Waals surface area contributed by atoms with Crippen LogP contribution in [0.2, 0.25) is 0 Å². The van der Waals surface area contributed by atoms with Crippen molar-refractivity contribution in [1.82, 2.24) is 14.8 Å². The number of benzene rings is 1. The molecule has 0 spiro atoms. The van der Waals surface area contributed by atoms with Gasteiger partial charge in [0, 0.05) is 38.6 Å². The molecule has 1 aromatic heterocycles. The van der Waals surface area contributed by atoms with Gasteiger partial charge in [0.1, 0.15) is 11.4 Å². The Morgan fingerprint density at radius 1 is 1.03 bits per heavy atom. The highest BCUT2D eigenvalue weighted by molar-refractivity contribution is 6.35. The fraction of sp³-hybridized carbons (Fsp3) is 0.423. The van der Waals surface area contributed by atoms with Crippen molar-refractivity contribution in [3.8, 4) is 5.75 Å². The van der Waals surface area contributed by atoms with E-state index in [4.69, 9.17) is 9.47 Å². The van der Waals surface area contributed by atoms with Crippen LogP contribution in [0.1, 0.15) is 38.3 Å². The smallest absolute Gasteiger partial charge is 0.277 e. The molecule has 0 saturated carbocycles. The van der Waals surface area contributed by atoms with E-state index in [0.29, 0.717) is 55.2 Å². The van der Waals surface area contributed by atoms with Crippen LogP contribution in [0.5, 0.6) is 5.75 Å². The molecule has 1 aromatic carbocycles. The van der Waals surface area contributed by atoms with E-state index in [1.807, 2.05) is 62.1 Å². The number of imide groups is 1. The summed E-state index contributed by atoms with van der Waals surface area (Å²) in [6, 6.07) is 11.2. The molecule has 0 unspecified atom stereocenters. The Balaban J connectivity index is 1.89. The average molecular weight is 452 g/mol. The van der Waals surface area contributed by atoms with Crippen molar-refractivity contribution in [2.24, 2.45) is 0 Å². The van der Waals surface area contributed by atoms with Crippen molar-refractivity contribution in [3.05, 3.63) is 65.6 Å². The van der Waals surface area contributed by atoms with Gasteiger partial charge >= 0.3 is 0 Å². The minimum absolute atomic E-state index is 0.113. The Labute approximate surface area is 196 Å². The van der Waals surface area contributed by atoms with Gasteiger partial charge in [0.15, 0.2) is 0 Å². The Morgan fingerprint density at radius 2 is 1.73 bits per heavy atom. The summed E-state index contributed by atoms with van der Waals surface area (Å²) in [7, 11) is 1.60. The first-order valence-electron chi connectivity index (χ1n) is 11.5. The van der Waals surface area contributed by atoms with Crippen molar-refractivity contribution in [1.29, 1.82) is 0 Å². The number of aromatic nitrogens is 1. The molecule has 1 aliphatic rings. The Kier molecular flexibility index (Phi) is 8.60. The number of carbonyl (C=O) groups is 2. The summed E-state index contributed by atoms with van der Waals surface area (Å²) in [5.74, 6) is 0.199. The first-order chi connectivity index (χ1) is 16.0. The molecule has 7 nitrogen and oxygen atoms in total. The van der Waals surface area contributed by atoms with E-state index in [2.05, 4.69) is 4.98 Å². The van der Waals surface area contributed by atoms with E-state index >= 15 is 0 Å². The molecule has 2 heterocycles. The molecule has 1 aliphatic heterocycles. The van der Waals surface area contributed by atoms with Crippen LogP contribution in [0.15, 0.2) is 54.5 Å². The van der Waals surface area contributed by atoms with Gasteiger partial charge in [-0.1, -0.05) is 12.1 Å². The quantitative estimate of drug-likeness (QED) is 0.363. The second-order valence-corrected chi connectivity index (χ2v) is 8.17. The van der Waals surface area contributed by atoms with Gasteiger partial charge < -0.3 is 14.4 Å². The standard InChI is InChI=1S/C26H33N3O4/c1-5-28(17-13-20-11-14-27-15-12-20)24-23(21-7-9-22(32-4)10-8-21)25(30)29(26(24)31)16-6-18-33-19(2)3/h7-12,14-15,19H,5-6,13,16-18H2,1-4H3. The number of pyridine rings is 1. The lowest BCUT2D eigenvalue weighted by Gasteiger charge is -2.25. The van der Waals surface area contributed by atoms with Crippen molar-refractivity contribution in [3.63, 3.8) is 0 Å². The Bertz CT molecular complexity index is 971. The molecule has 176 valence electrons. The van der Waals surface area contributed by atoms with Crippen LogP contribution in [0.25, 0.3) is 5.57 Å². The largest absolute Gasteiger partial charge is 0.497 e. The number of carbonyl (C=O) groups excluding carboxylic acids is 2. The SMILES string of the molecule is CCN(CCc1ccncc1)C1=C(c2ccc(OC)cc2)C(=O)N(CCCOC(C)C)C1=O. The monoisotopic (exact) mass is 451 g/mol. The number of likely N-dealkylation sites (N-methyl/N-ethyl adjacent to an activating group) is 1. The molecule has 2 aromatic rings. The third-order valence-corrected chi connectivity index (χ3v) is 5.62. The van der Waals surface area contributed by atoms with E-state index in [-0.39, 0.29) is 17.9 Å². The lowest BCUT2D eigenvalue weighted by molar-refractivity contribution is -0.137. The van der Waals surface area contributed by atoms with Crippen LogP contribution in [0.3, 0.4) is 0 Å². The molecule has 2 amide bonds. The molecular weight excluding hydrogens is 418 g/mol. The molecular formula is C26H33N3O4. The summed E-state index contributed by atoms with van der Waals surface area (Å²) in [5.41, 5.74) is 2.76. The number of hydrogen-bond donors (Lipinski definition) is 0. The van der Waals surface area contributed by atoms with Gasteiger partial charge in [-0.25, -0.2) is 0 Å². The number of methoxy groups -OCH3 is 1. The van der Waals surface area contributed by atoms with Crippen LogP contribution >= 0.6 is 0 Å². The van der Waals surface area contributed by atoms with Crippen molar-refractivity contribution in [2.75, 3.05) is 33.4 Å². The molecule has 33 heavy (non-hydrogen) atoms. The molecule has 0 aliphatic carbocycles. The third-order valence-electron chi connectivity index (χ3n) is 5.62. The molecule has 0 N–H and O–H groups in total. The van der Waals surface area contributed by atoms with Gasteiger partial charge in [-0.05, 0) is 69.0 Å². The Morgan fingerprint density at radius 3 is 2.33 bits per heavy atom. The predicted molar refractivity (Wildman–Crippen MR) is 128 cm³/mol. The highest BCUT2D eigenvalue weighted by Crippen LogP contribution is 2.32. The second-order valence-electron chi connectivity index (χ2n) is 8.17. The summed E-state index contributed by atoms with van der Waals surface area (Å²) >= 11 is 0. The number of amides is 2. The van der Waals surface area contributed by atoms with Gasteiger partial charge in [-0.3, -0.25) is 19.5 Å². The van der Waals surface area contributed by atoms with Gasteiger partial charge in [0.2, 0.25) is 0 Å². The van der Waals surface area contributed by atoms with E-state index in [1.54, 1.807) is 19.5 Å². The zero-order valence-corrected chi connectivity index (χ0v) is 19.9. The number of nitrogens with zero attached hydrogens (tertiary/aromatic N) is 3. The normalized spacial score (nSPS) is 13.9. The predicted octanol–water partition coefficient (Wildman–Crippen LogP) is 3.55. The zero-order chi connectivity index (χ0) is 23.8. The highest BCUT2D eigenvalue weighted by atomic mass is 16.5. The van der Waals surface area contributed by atoms with Gasteiger partial charge in [0.05, 0.1) is 18.8 Å². The van der Waals surface area contributed by atoms with Crippen LogP contribution in [-0.2, 0) is 20.7 Å². The molecule has 0 saturated heterocycles. The van der Waals surface area contributed by atoms with Crippen molar-refractivity contribution >= 4 is 17.4 Å². The molecule has 7 heteroatoms. The van der Waals surface area contributed by atoms with Gasteiger partial charge in [-0.15, -0.1) is 0 Å². The van der Waals surface area contributed by atoms with E-state index in [9.17, 15) is 9.59 Å². The maximum absolute atomic E-state index is 13.5. The van der Waals surface area contributed by atoms with Crippen LogP contribution < -0.4 is 4.74 Å². The molecule has 0 bridgehead atoms. The fourth-order valence-corrected chi connectivity index (χ4v) is 3.86. The first kappa shape index (κ1) is 24.5.